The minimum atomic E-state index is -0.722. The fourth-order valence-corrected chi connectivity index (χ4v) is 4.05. The van der Waals surface area contributed by atoms with Gasteiger partial charge < -0.3 is 5.32 Å². The van der Waals surface area contributed by atoms with E-state index >= 15 is 0 Å². The van der Waals surface area contributed by atoms with Crippen molar-refractivity contribution in [1.82, 2.24) is 15.2 Å². The van der Waals surface area contributed by atoms with Gasteiger partial charge in [0, 0.05) is 11.8 Å². The predicted molar refractivity (Wildman–Crippen MR) is 91.6 cm³/mol. The van der Waals surface area contributed by atoms with Crippen molar-refractivity contribution in [3.05, 3.63) is 52.0 Å². The van der Waals surface area contributed by atoms with Gasteiger partial charge in [0.1, 0.15) is 5.54 Å². The third-order valence-corrected chi connectivity index (χ3v) is 5.71. The summed E-state index contributed by atoms with van der Waals surface area (Å²) in [5.74, 6) is 0.163. The first-order valence-electron chi connectivity index (χ1n) is 8.17. The highest BCUT2D eigenvalue weighted by atomic mass is 32.1. The first kappa shape index (κ1) is 15.3. The molecule has 5 nitrogen and oxygen atoms in total. The SMILES string of the molecule is CC1(C2CC2)NC(=O)N(Cc2csc(Cc3ccccc3)n2)C1=O. The Bertz CT molecular complexity index is 785. The zero-order chi connectivity index (χ0) is 16.7. The Kier molecular flexibility index (Phi) is 3.64. The summed E-state index contributed by atoms with van der Waals surface area (Å²) < 4.78 is 0. The van der Waals surface area contributed by atoms with Crippen molar-refractivity contribution in [1.29, 1.82) is 0 Å². The summed E-state index contributed by atoms with van der Waals surface area (Å²) in [5, 5.41) is 5.80. The number of benzene rings is 1. The molecule has 1 aromatic carbocycles. The Morgan fingerprint density at radius 3 is 2.75 bits per heavy atom. The fourth-order valence-electron chi connectivity index (χ4n) is 3.23. The Morgan fingerprint density at radius 1 is 1.29 bits per heavy atom. The van der Waals surface area contributed by atoms with Crippen molar-refractivity contribution in [3.63, 3.8) is 0 Å². The Balaban J connectivity index is 1.46. The van der Waals surface area contributed by atoms with Gasteiger partial charge in [-0.25, -0.2) is 9.78 Å². The number of amides is 3. The van der Waals surface area contributed by atoms with Gasteiger partial charge in [0.05, 0.1) is 17.2 Å². The van der Waals surface area contributed by atoms with Crippen LogP contribution in [0.4, 0.5) is 4.79 Å². The van der Waals surface area contributed by atoms with E-state index < -0.39 is 5.54 Å². The second-order valence-electron chi connectivity index (χ2n) is 6.69. The molecule has 0 spiro atoms. The van der Waals surface area contributed by atoms with Gasteiger partial charge in [-0.05, 0) is 31.2 Å². The van der Waals surface area contributed by atoms with Crippen LogP contribution < -0.4 is 5.32 Å². The summed E-state index contributed by atoms with van der Waals surface area (Å²) in [6.07, 6.45) is 2.79. The molecule has 1 aliphatic heterocycles. The quantitative estimate of drug-likeness (QED) is 0.851. The zero-order valence-electron chi connectivity index (χ0n) is 13.5. The lowest BCUT2D eigenvalue weighted by Crippen LogP contribution is -2.46. The molecule has 2 aliphatic rings. The van der Waals surface area contributed by atoms with E-state index in [1.165, 1.54) is 10.5 Å². The van der Waals surface area contributed by atoms with Crippen molar-refractivity contribution in [2.24, 2.45) is 5.92 Å². The maximum atomic E-state index is 12.6. The number of hydrogen-bond donors (Lipinski definition) is 1. The van der Waals surface area contributed by atoms with Gasteiger partial charge in [0.25, 0.3) is 5.91 Å². The van der Waals surface area contributed by atoms with E-state index in [-0.39, 0.29) is 24.4 Å². The summed E-state index contributed by atoms with van der Waals surface area (Å²) in [5.41, 5.74) is 1.25. The molecule has 124 valence electrons. The van der Waals surface area contributed by atoms with E-state index in [4.69, 9.17) is 0 Å². The highest BCUT2D eigenvalue weighted by molar-refractivity contribution is 7.09. The molecule has 3 amide bonds. The molecule has 1 N–H and O–H groups in total. The Hall–Kier alpha value is -2.21. The molecule has 2 heterocycles. The lowest BCUT2D eigenvalue weighted by atomic mass is 9.96. The number of imide groups is 1. The van der Waals surface area contributed by atoms with Crippen molar-refractivity contribution in [3.8, 4) is 0 Å². The van der Waals surface area contributed by atoms with Crippen LogP contribution in [0.5, 0.6) is 0 Å². The van der Waals surface area contributed by atoms with Crippen LogP contribution in [0.25, 0.3) is 0 Å². The number of urea groups is 1. The predicted octanol–water partition coefficient (Wildman–Crippen LogP) is 2.95. The third kappa shape index (κ3) is 2.71. The Labute approximate surface area is 144 Å². The van der Waals surface area contributed by atoms with Crippen LogP contribution in [0.1, 0.15) is 36.0 Å². The second-order valence-corrected chi connectivity index (χ2v) is 7.64. The second kappa shape index (κ2) is 5.70. The van der Waals surface area contributed by atoms with Crippen molar-refractivity contribution in [2.45, 2.75) is 38.3 Å². The molecule has 0 bridgehead atoms. The van der Waals surface area contributed by atoms with Crippen molar-refractivity contribution in [2.75, 3.05) is 0 Å². The number of carbonyl (C=O) groups excluding carboxylic acids is 2. The average molecular weight is 341 g/mol. The molecule has 0 radical (unpaired) electrons. The highest BCUT2D eigenvalue weighted by Crippen LogP contribution is 2.42. The van der Waals surface area contributed by atoms with Gasteiger partial charge >= 0.3 is 6.03 Å². The first-order chi connectivity index (χ1) is 11.6. The molecule has 24 heavy (non-hydrogen) atoms. The maximum absolute atomic E-state index is 12.6. The van der Waals surface area contributed by atoms with Crippen LogP contribution in [0, 0.1) is 5.92 Å². The standard InChI is InChI=1S/C18H19N3O2S/c1-18(13-7-8-13)16(22)21(17(23)20-18)10-14-11-24-15(19-14)9-12-5-3-2-4-6-12/h2-6,11,13H,7-10H2,1H3,(H,20,23). The van der Waals surface area contributed by atoms with Gasteiger partial charge in [-0.1, -0.05) is 30.3 Å². The number of aromatic nitrogens is 1. The molecule has 1 aromatic heterocycles. The number of carbonyl (C=O) groups is 2. The minimum Gasteiger partial charge on any atom is -0.323 e. The van der Waals surface area contributed by atoms with Gasteiger partial charge in [-0.2, -0.15) is 0 Å². The summed E-state index contributed by atoms with van der Waals surface area (Å²) >= 11 is 1.57. The van der Waals surface area contributed by atoms with Crippen LogP contribution in [-0.4, -0.2) is 27.4 Å². The summed E-state index contributed by atoms with van der Waals surface area (Å²) in [6.45, 7) is 2.09. The number of rotatable bonds is 5. The first-order valence-corrected chi connectivity index (χ1v) is 9.05. The molecule has 6 heteroatoms. The van der Waals surface area contributed by atoms with E-state index in [1.54, 1.807) is 11.3 Å². The molecule has 1 unspecified atom stereocenters. The molecule has 1 saturated heterocycles. The molecule has 2 fully saturated rings. The number of hydrogen-bond acceptors (Lipinski definition) is 4. The van der Waals surface area contributed by atoms with Crippen LogP contribution in [-0.2, 0) is 17.8 Å². The Morgan fingerprint density at radius 2 is 2.04 bits per heavy atom. The minimum absolute atomic E-state index is 0.118. The number of thiazole rings is 1. The van der Waals surface area contributed by atoms with E-state index in [0.717, 1.165) is 30.0 Å². The van der Waals surface area contributed by atoms with Crippen LogP contribution in [0.3, 0.4) is 0 Å². The molecule has 1 aliphatic carbocycles. The van der Waals surface area contributed by atoms with E-state index in [0.29, 0.717) is 0 Å². The summed E-state index contributed by atoms with van der Waals surface area (Å²) in [7, 11) is 0. The smallest absolute Gasteiger partial charge is 0.323 e. The largest absolute Gasteiger partial charge is 0.325 e. The topological polar surface area (TPSA) is 62.3 Å². The van der Waals surface area contributed by atoms with Gasteiger partial charge in [0.15, 0.2) is 0 Å². The molecular formula is C18H19N3O2S. The van der Waals surface area contributed by atoms with Crippen molar-refractivity contribution >= 4 is 23.3 Å². The third-order valence-electron chi connectivity index (χ3n) is 4.81. The van der Waals surface area contributed by atoms with Crippen molar-refractivity contribution < 1.29 is 9.59 Å². The number of nitrogens with one attached hydrogen (secondary N) is 1. The van der Waals surface area contributed by atoms with Gasteiger partial charge in [-0.15, -0.1) is 11.3 Å². The monoisotopic (exact) mass is 341 g/mol. The van der Waals surface area contributed by atoms with Gasteiger partial charge in [0.2, 0.25) is 0 Å². The summed E-state index contributed by atoms with van der Waals surface area (Å²) in [6, 6.07) is 9.85. The molecule has 1 saturated carbocycles. The molecular weight excluding hydrogens is 322 g/mol. The molecule has 4 rings (SSSR count). The van der Waals surface area contributed by atoms with E-state index in [2.05, 4.69) is 22.4 Å². The maximum Gasteiger partial charge on any atom is 0.325 e. The molecule has 1 atom stereocenters. The summed E-state index contributed by atoms with van der Waals surface area (Å²) in [4.78, 5) is 30.7. The lowest BCUT2D eigenvalue weighted by molar-refractivity contribution is -0.131. The van der Waals surface area contributed by atoms with Gasteiger partial charge in [-0.3, -0.25) is 9.69 Å². The van der Waals surface area contributed by atoms with Crippen LogP contribution >= 0.6 is 11.3 Å². The highest BCUT2D eigenvalue weighted by Gasteiger charge is 2.55. The van der Waals surface area contributed by atoms with E-state index in [9.17, 15) is 9.59 Å². The lowest BCUT2D eigenvalue weighted by Gasteiger charge is -2.20. The zero-order valence-corrected chi connectivity index (χ0v) is 14.3. The number of nitrogens with zero attached hydrogens (tertiary/aromatic N) is 2. The van der Waals surface area contributed by atoms with E-state index in [1.807, 2.05) is 30.5 Å². The normalized spacial score (nSPS) is 23.6. The van der Waals surface area contributed by atoms with Crippen LogP contribution in [0.15, 0.2) is 35.7 Å². The molecule has 2 aromatic rings. The van der Waals surface area contributed by atoms with Crippen LogP contribution in [0.2, 0.25) is 0 Å². The average Bonchev–Trinajstić information content (AvgIpc) is 3.31. The fraction of sp³-hybridized carbons (Fsp3) is 0.389.